The number of aromatic nitrogens is 4. The number of halogens is 1. The van der Waals surface area contributed by atoms with E-state index in [0.29, 0.717) is 30.9 Å². The molecule has 192 valence electrons. The zero-order chi connectivity index (χ0) is 26.3. The number of nitriles is 1. The number of imidazole rings is 1. The normalized spacial score (nSPS) is 15.9. The molecule has 39 heavy (non-hydrogen) atoms. The summed E-state index contributed by atoms with van der Waals surface area (Å²) in [5.74, 6) is 1.54. The topological polar surface area (TPSA) is 85.9 Å². The van der Waals surface area contributed by atoms with Gasteiger partial charge in [-0.1, -0.05) is 24.3 Å². The third kappa shape index (κ3) is 4.69. The average molecular weight is 578 g/mol. The van der Waals surface area contributed by atoms with Gasteiger partial charge in [0.25, 0.3) is 0 Å². The smallest absolute Gasteiger partial charge is 0.214 e. The van der Waals surface area contributed by atoms with Gasteiger partial charge in [0.2, 0.25) is 5.88 Å². The van der Waals surface area contributed by atoms with Crippen LogP contribution in [0.3, 0.4) is 0 Å². The molecule has 0 saturated carbocycles. The summed E-state index contributed by atoms with van der Waals surface area (Å²) in [7, 11) is 0. The Hall–Kier alpha value is -4.06. The SMILES string of the molecule is N#Cc1ccc2c(c1)Cc1cc(ccc1Cc1nc3ncc(Br)cc3n1C[C@@H]1CCO1)-c1cccc(n1)OC2. The van der Waals surface area contributed by atoms with Gasteiger partial charge < -0.3 is 14.0 Å². The highest BCUT2D eigenvalue weighted by Crippen LogP contribution is 2.30. The number of nitrogens with zero attached hydrogens (tertiary/aromatic N) is 5. The van der Waals surface area contributed by atoms with E-state index in [1.54, 1.807) is 6.20 Å². The Morgan fingerprint density at radius 3 is 2.79 bits per heavy atom. The molecule has 7 rings (SSSR count). The fraction of sp³-hybridized carbons (Fsp3) is 0.226. The largest absolute Gasteiger partial charge is 0.473 e. The van der Waals surface area contributed by atoms with Gasteiger partial charge in [0, 0.05) is 35.3 Å². The maximum atomic E-state index is 9.59. The molecule has 0 spiro atoms. The van der Waals surface area contributed by atoms with Gasteiger partial charge in [-0.2, -0.15) is 5.26 Å². The number of pyridine rings is 2. The summed E-state index contributed by atoms with van der Waals surface area (Å²) in [5, 5.41) is 9.59. The molecule has 7 nitrogen and oxygen atoms in total. The van der Waals surface area contributed by atoms with E-state index in [2.05, 4.69) is 55.8 Å². The quantitative estimate of drug-likeness (QED) is 0.261. The van der Waals surface area contributed by atoms with E-state index in [-0.39, 0.29) is 6.10 Å². The van der Waals surface area contributed by atoms with Crippen molar-refractivity contribution in [1.29, 1.82) is 5.26 Å². The van der Waals surface area contributed by atoms with Crippen LogP contribution in [0.4, 0.5) is 0 Å². The summed E-state index contributed by atoms with van der Waals surface area (Å²) in [4.78, 5) is 14.3. The monoisotopic (exact) mass is 577 g/mol. The Morgan fingerprint density at radius 1 is 1.03 bits per heavy atom. The van der Waals surface area contributed by atoms with Crippen LogP contribution in [0.1, 0.15) is 40.1 Å². The van der Waals surface area contributed by atoms with Gasteiger partial charge in [0.05, 0.1) is 35.5 Å². The number of benzene rings is 2. The van der Waals surface area contributed by atoms with Crippen LogP contribution in [-0.4, -0.2) is 32.2 Å². The molecule has 5 heterocycles. The predicted octanol–water partition coefficient (Wildman–Crippen LogP) is 5.99. The molecular weight excluding hydrogens is 554 g/mol. The maximum Gasteiger partial charge on any atom is 0.214 e. The Bertz CT molecular complexity index is 1770. The molecule has 2 aliphatic rings. The highest BCUT2D eigenvalue weighted by Gasteiger charge is 2.23. The first-order valence-electron chi connectivity index (χ1n) is 13.0. The Labute approximate surface area is 234 Å². The zero-order valence-corrected chi connectivity index (χ0v) is 22.7. The lowest BCUT2D eigenvalue weighted by atomic mass is 9.92. The molecule has 0 amide bonds. The Morgan fingerprint density at radius 2 is 1.95 bits per heavy atom. The van der Waals surface area contributed by atoms with E-state index in [1.165, 1.54) is 11.1 Å². The lowest BCUT2D eigenvalue weighted by Gasteiger charge is -2.27. The van der Waals surface area contributed by atoms with Crippen molar-refractivity contribution in [2.75, 3.05) is 6.61 Å². The number of hydrogen-bond acceptors (Lipinski definition) is 6. The van der Waals surface area contributed by atoms with Crippen molar-refractivity contribution in [2.24, 2.45) is 0 Å². The van der Waals surface area contributed by atoms with Crippen LogP contribution in [0.15, 0.2) is 71.3 Å². The first-order chi connectivity index (χ1) is 19.1. The van der Waals surface area contributed by atoms with E-state index in [9.17, 15) is 5.26 Å². The van der Waals surface area contributed by atoms with E-state index < -0.39 is 0 Å². The molecule has 0 unspecified atom stereocenters. The molecule has 0 aliphatic carbocycles. The maximum absolute atomic E-state index is 9.59. The van der Waals surface area contributed by atoms with Gasteiger partial charge in [0.15, 0.2) is 5.65 Å². The molecule has 1 saturated heterocycles. The van der Waals surface area contributed by atoms with Crippen molar-refractivity contribution in [3.63, 3.8) is 0 Å². The van der Waals surface area contributed by atoms with Gasteiger partial charge in [-0.05, 0) is 81.4 Å². The minimum Gasteiger partial charge on any atom is -0.473 e. The second-order valence-corrected chi connectivity index (χ2v) is 10.9. The van der Waals surface area contributed by atoms with Crippen molar-refractivity contribution in [2.45, 2.75) is 38.5 Å². The Balaban J connectivity index is 1.35. The summed E-state index contributed by atoms with van der Waals surface area (Å²) in [5.41, 5.74) is 8.73. The fourth-order valence-corrected chi connectivity index (χ4v) is 5.62. The number of hydrogen-bond donors (Lipinski definition) is 0. The van der Waals surface area contributed by atoms with Crippen molar-refractivity contribution < 1.29 is 9.47 Å². The van der Waals surface area contributed by atoms with Crippen LogP contribution in [-0.2, 0) is 30.7 Å². The van der Waals surface area contributed by atoms with Crippen molar-refractivity contribution in [3.05, 3.63) is 105 Å². The van der Waals surface area contributed by atoms with Crippen LogP contribution < -0.4 is 4.74 Å². The minimum absolute atomic E-state index is 0.193. The molecule has 5 aromatic rings. The van der Waals surface area contributed by atoms with Gasteiger partial charge >= 0.3 is 0 Å². The van der Waals surface area contributed by atoms with Crippen molar-refractivity contribution in [3.8, 4) is 23.2 Å². The highest BCUT2D eigenvalue weighted by atomic mass is 79.9. The summed E-state index contributed by atoms with van der Waals surface area (Å²) < 4.78 is 15.0. The lowest BCUT2D eigenvalue weighted by Crippen LogP contribution is -2.31. The first kappa shape index (κ1) is 24.0. The van der Waals surface area contributed by atoms with Crippen LogP contribution in [0.25, 0.3) is 22.4 Å². The predicted molar refractivity (Wildman–Crippen MR) is 150 cm³/mol. The summed E-state index contributed by atoms with van der Waals surface area (Å²) in [6.45, 7) is 1.95. The number of rotatable bonds is 4. The highest BCUT2D eigenvalue weighted by molar-refractivity contribution is 9.10. The van der Waals surface area contributed by atoms with Gasteiger partial charge in [-0.3, -0.25) is 0 Å². The van der Waals surface area contributed by atoms with Crippen LogP contribution in [0.5, 0.6) is 5.88 Å². The number of fused-ring (bicyclic) bond motifs is 7. The molecule has 2 aliphatic heterocycles. The van der Waals surface area contributed by atoms with Crippen molar-refractivity contribution in [1.82, 2.24) is 19.5 Å². The standard InChI is InChI=1S/C31H24BrN5O2/c32-25-14-28-31(34-16-25)36-29(37(28)17-26-8-9-38-26)13-20-6-7-21-11-24(20)12-23-10-19(15-33)4-5-22(23)18-39-30-3-1-2-27(21)35-30/h1-7,10-11,14,16,26H,8-9,12-13,17-18H2/t26-/m0/s1. The van der Waals surface area contributed by atoms with Crippen LogP contribution in [0.2, 0.25) is 0 Å². The fourth-order valence-electron chi connectivity index (χ4n) is 5.30. The summed E-state index contributed by atoms with van der Waals surface area (Å²) >= 11 is 3.57. The first-order valence-corrected chi connectivity index (χ1v) is 13.8. The average Bonchev–Trinajstić information content (AvgIpc) is 3.25. The Kier molecular flexibility index (Phi) is 6.11. The zero-order valence-electron chi connectivity index (χ0n) is 21.1. The summed E-state index contributed by atoms with van der Waals surface area (Å²) in [6, 6.07) is 22.5. The molecule has 8 heteroatoms. The van der Waals surface area contributed by atoms with Gasteiger partial charge in [-0.25, -0.2) is 15.0 Å². The third-order valence-electron chi connectivity index (χ3n) is 7.50. The molecule has 1 fully saturated rings. The molecule has 2 aromatic carbocycles. The number of ether oxygens (including phenoxy) is 2. The second-order valence-electron chi connectivity index (χ2n) is 10.00. The van der Waals surface area contributed by atoms with Crippen LogP contribution in [0, 0.1) is 11.3 Å². The summed E-state index contributed by atoms with van der Waals surface area (Å²) in [6.07, 6.45) is 4.35. The molecule has 3 aromatic heterocycles. The second kappa shape index (κ2) is 9.92. The van der Waals surface area contributed by atoms with Gasteiger partial charge in [0.1, 0.15) is 12.4 Å². The van der Waals surface area contributed by atoms with Crippen molar-refractivity contribution >= 4 is 27.1 Å². The van der Waals surface area contributed by atoms with Gasteiger partial charge in [-0.15, -0.1) is 0 Å². The lowest BCUT2D eigenvalue weighted by molar-refractivity contribution is -0.0589. The third-order valence-corrected chi connectivity index (χ3v) is 7.93. The van der Waals surface area contributed by atoms with E-state index >= 15 is 0 Å². The van der Waals surface area contributed by atoms with Crippen LogP contribution >= 0.6 is 15.9 Å². The van der Waals surface area contributed by atoms with E-state index in [4.69, 9.17) is 19.4 Å². The molecule has 1 atom stereocenters. The van der Waals surface area contributed by atoms with E-state index in [1.807, 2.05) is 36.4 Å². The molecule has 0 radical (unpaired) electrons. The molecule has 0 N–H and O–H groups in total. The van der Waals surface area contributed by atoms with E-state index in [0.717, 1.165) is 63.4 Å². The molecule has 4 bridgehead atoms. The minimum atomic E-state index is 0.193. The molecular formula is C31H24BrN5O2.